The monoisotopic (exact) mass is 228 g/mol. The van der Waals surface area contributed by atoms with Gasteiger partial charge < -0.3 is 10.7 Å². The highest BCUT2D eigenvalue weighted by Crippen LogP contribution is 2.25. The lowest BCUT2D eigenvalue weighted by molar-refractivity contribution is 0.630. The summed E-state index contributed by atoms with van der Waals surface area (Å²) in [4.78, 5) is 11.2. The molecule has 2 heterocycles. The summed E-state index contributed by atoms with van der Waals surface area (Å²) in [6, 6.07) is 6.35. The number of H-pyrrole nitrogens is 1. The molecule has 17 heavy (non-hydrogen) atoms. The minimum absolute atomic E-state index is 0.268. The summed E-state index contributed by atoms with van der Waals surface area (Å²) in [7, 11) is 0. The Kier molecular flexibility index (Phi) is 2.04. The summed E-state index contributed by atoms with van der Waals surface area (Å²) in [5, 5.41) is 0.782. The summed E-state index contributed by atoms with van der Waals surface area (Å²) >= 11 is 0. The van der Waals surface area contributed by atoms with Crippen LogP contribution in [0.4, 0.5) is 10.2 Å². The number of nitrogen functional groups attached to an aromatic ring is 1. The van der Waals surface area contributed by atoms with Crippen LogP contribution in [0.5, 0.6) is 0 Å². The molecule has 0 amide bonds. The van der Waals surface area contributed by atoms with Crippen molar-refractivity contribution in [1.29, 1.82) is 0 Å². The van der Waals surface area contributed by atoms with Gasteiger partial charge in [-0.05, 0) is 24.3 Å². The largest absolute Gasteiger partial charge is 0.382 e. The van der Waals surface area contributed by atoms with Gasteiger partial charge in [0.05, 0.1) is 5.69 Å². The standard InChI is InChI=1S/C12H9FN4/c13-8-1-2-9-7(5-8)6-10(17-9)11-12(14)16-4-3-15-11/h1-6,17H,(H2,14,16). The molecule has 1 aromatic carbocycles. The third-order valence-corrected chi connectivity index (χ3v) is 2.56. The van der Waals surface area contributed by atoms with Crippen LogP contribution in [0.15, 0.2) is 36.7 Å². The molecule has 3 N–H and O–H groups in total. The van der Waals surface area contributed by atoms with E-state index in [1.165, 1.54) is 18.3 Å². The second kappa shape index (κ2) is 3.55. The number of hydrogen-bond donors (Lipinski definition) is 2. The first-order valence-corrected chi connectivity index (χ1v) is 5.09. The second-order valence-corrected chi connectivity index (χ2v) is 3.70. The Balaban J connectivity index is 2.22. The predicted molar refractivity (Wildman–Crippen MR) is 63.7 cm³/mol. The fourth-order valence-corrected chi connectivity index (χ4v) is 1.79. The molecular formula is C12H9FN4. The van der Waals surface area contributed by atoms with Crippen LogP contribution in [-0.2, 0) is 0 Å². The summed E-state index contributed by atoms with van der Waals surface area (Å²) < 4.78 is 13.1. The van der Waals surface area contributed by atoms with E-state index in [1.54, 1.807) is 18.3 Å². The number of hydrogen-bond acceptors (Lipinski definition) is 3. The minimum atomic E-state index is -0.268. The van der Waals surface area contributed by atoms with Crippen molar-refractivity contribution in [2.45, 2.75) is 0 Å². The van der Waals surface area contributed by atoms with Crippen LogP contribution in [0.2, 0.25) is 0 Å². The third kappa shape index (κ3) is 1.61. The average molecular weight is 228 g/mol. The topological polar surface area (TPSA) is 67.6 Å². The lowest BCUT2D eigenvalue weighted by Crippen LogP contribution is -1.95. The first kappa shape index (κ1) is 9.77. The Morgan fingerprint density at radius 1 is 1.12 bits per heavy atom. The zero-order chi connectivity index (χ0) is 11.8. The number of rotatable bonds is 1. The van der Waals surface area contributed by atoms with Gasteiger partial charge >= 0.3 is 0 Å². The van der Waals surface area contributed by atoms with Crippen molar-refractivity contribution in [3.05, 3.63) is 42.5 Å². The van der Waals surface area contributed by atoms with Crippen LogP contribution in [0, 0.1) is 5.82 Å². The normalized spacial score (nSPS) is 10.9. The van der Waals surface area contributed by atoms with Gasteiger partial charge in [-0.15, -0.1) is 0 Å². The van der Waals surface area contributed by atoms with E-state index in [9.17, 15) is 4.39 Å². The summed E-state index contributed by atoms with van der Waals surface area (Å²) in [6.07, 6.45) is 3.10. The van der Waals surface area contributed by atoms with Crippen LogP contribution in [0.25, 0.3) is 22.3 Å². The maximum absolute atomic E-state index is 13.1. The number of aromatic amines is 1. The maximum Gasteiger partial charge on any atom is 0.151 e. The fraction of sp³-hybridized carbons (Fsp3) is 0. The zero-order valence-electron chi connectivity index (χ0n) is 8.81. The van der Waals surface area contributed by atoms with Crippen molar-refractivity contribution in [3.63, 3.8) is 0 Å². The van der Waals surface area contributed by atoms with E-state index >= 15 is 0 Å². The maximum atomic E-state index is 13.1. The quantitative estimate of drug-likeness (QED) is 0.671. The molecule has 2 aromatic heterocycles. The molecule has 84 valence electrons. The van der Waals surface area contributed by atoms with Crippen molar-refractivity contribution < 1.29 is 4.39 Å². The van der Waals surface area contributed by atoms with Gasteiger partial charge in [-0.25, -0.2) is 14.4 Å². The van der Waals surface area contributed by atoms with Crippen molar-refractivity contribution in [3.8, 4) is 11.4 Å². The Labute approximate surface area is 96.3 Å². The molecular weight excluding hydrogens is 219 g/mol. The van der Waals surface area contributed by atoms with Crippen LogP contribution >= 0.6 is 0 Å². The molecule has 0 aliphatic rings. The van der Waals surface area contributed by atoms with E-state index < -0.39 is 0 Å². The Bertz CT molecular complexity index is 690. The number of anilines is 1. The molecule has 0 aliphatic carbocycles. The first-order valence-electron chi connectivity index (χ1n) is 5.09. The molecule has 0 spiro atoms. The number of nitrogens with zero attached hydrogens (tertiary/aromatic N) is 2. The Hall–Kier alpha value is -2.43. The lowest BCUT2D eigenvalue weighted by Gasteiger charge is -1.98. The second-order valence-electron chi connectivity index (χ2n) is 3.70. The molecule has 0 fully saturated rings. The molecule has 3 aromatic rings. The molecule has 0 saturated carbocycles. The van der Waals surface area contributed by atoms with Crippen LogP contribution < -0.4 is 5.73 Å². The average Bonchev–Trinajstić information content (AvgIpc) is 2.72. The number of halogens is 1. The first-order chi connectivity index (χ1) is 8.24. The van der Waals surface area contributed by atoms with E-state index in [1.807, 2.05) is 0 Å². The Morgan fingerprint density at radius 3 is 2.76 bits per heavy atom. The van der Waals surface area contributed by atoms with Gasteiger partial charge in [0.1, 0.15) is 11.5 Å². The molecule has 0 radical (unpaired) electrons. The van der Waals surface area contributed by atoms with Crippen molar-refractivity contribution in [2.75, 3.05) is 5.73 Å². The van der Waals surface area contributed by atoms with E-state index in [0.717, 1.165) is 16.6 Å². The van der Waals surface area contributed by atoms with Gasteiger partial charge in [-0.2, -0.15) is 0 Å². The zero-order valence-corrected chi connectivity index (χ0v) is 8.81. The molecule has 5 heteroatoms. The summed E-state index contributed by atoms with van der Waals surface area (Å²) in [6.45, 7) is 0. The number of aromatic nitrogens is 3. The number of nitrogens with one attached hydrogen (secondary N) is 1. The highest BCUT2D eigenvalue weighted by atomic mass is 19.1. The number of fused-ring (bicyclic) bond motifs is 1. The third-order valence-electron chi connectivity index (χ3n) is 2.56. The lowest BCUT2D eigenvalue weighted by atomic mass is 10.2. The molecule has 4 nitrogen and oxygen atoms in total. The van der Waals surface area contributed by atoms with Gasteiger partial charge in [0.25, 0.3) is 0 Å². The van der Waals surface area contributed by atoms with Crippen molar-refractivity contribution in [1.82, 2.24) is 15.0 Å². The van der Waals surface area contributed by atoms with E-state index in [2.05, 4.69) is 15.0 Å². The van der Waals surface area contributed by atoms with Crippen LogP contribution in [-0.4, -0.2) is 15.0 Å². The molecule has 0 atom stereocenters. The minimum Gasteiger partial charge on any atom is -0.382 e. The van der Waals surface area contributed by atoms with Crippen molar-refractivity contribution >= 4 is 16.7 Å². The predicted octanol–water partition coefficient (Wildman–Crippen LogP) is 2.35. The Morgan fingerprint density at radius 2 is 1.94 bits per heavy atom. The highest BCUT2D eigenvalue weighted by molar-refractivity contribution is 5.86. The van der Waals surface area contributed by atoms with E-state index in [-0.39, 0.29) is 5.82 Å². The molecule has 0 bridgehead atoms. The molecule has 0 unspecified atom stereocenters. The summed E-state index contributed by atoms with van der Waals surface area (Å²) in [5.74, 6) is 0.0784. The van der Waals surface area contributed by atoms with Crippen molar-refractivity contribution in [2.24, 2.45) is 0 Å². The van der Waals surface area contributed by atoms with Gasteiger partial charge in [0, 0.05) is 23.3 Å². The van der Waals surface area contributed by atoms with E-state index in [4.69, 9.17) is 5.73 Å². The molecule has 0 saturated heterocycles. The van der Waals surface area contributed by atoms with Gasteiger partial charge in [0.15, 0.2) is 5.82 Å². The summed E-state index contributed by atoms with van der Waals surface area (Å²) in [5.41, 5.74) is 7.88. The van der Waals surface area contributed by atoms with Gasteiger partial charge in [-0.3, -0.25) is 0 Å². The SMILES string of the molecule is Nc1nccnc1-c1cc2cc(F)ccc2[nH]1. The smallest absolute Gasteiger partial charge is 0.151 e. The van der Waals surface area contributed by atoms with Crippen LogP contribution in [0.1, 0.15) is 0 Å². The van der Waals surface area contributed by atoms with Gasteiger partial charge in [0.2, 0.25) is 0 Å². The van der Waals surface area contributed by atoms with E-state index in [0.29, 0.717) is 11.5 Å². The highest BCUT2D eigenvalue weighted by Gasteiger charge is 2.08. The van der Waals surface area contributed by atoms with Crippen LogP contribution in [0.3, 0.4) is 0 Å². The molecule has 0 aliphatic heterocycles. The molecule has 3 rings (SSSR count). The van der Waals surface area contributed by atoms with Gasteiger partial charge in [-0.1, -0.05) is 0 Å². The fourth-order valence-electron chi connectivity index (χ4n) is 1.79. The number of nitrogens with two attached hydrogens (primary N) is 1. The number of benzene rings is 1.